The average molecular weight is 192 g/mol. The van der Waals surface area contributed by atoms with Gasteiger partial charge in [0, 0.05) is 12.8 Å². The average Bonchev–Trinajstić information content (AvgIpc) is 2.30. The second-order valence-electron chi connectivity index (χ2n) is 3.05. The Balaban J connectivity index is 2.64. The van der Waals surface area contributed by atoms with E-state index in [2.05, 4.69) is 5.32 Å². The summed E-state index contributed by atoms with van der Waals surface area (Å²) in [6.45, 7) is 0.326. The Hall–Kier alpha value is -0.620. The Morgan fingerprint density at radius 3 is 2.42 bits per heavy atom. The van der Waals surface area contributed by atoms with Gasteiger partial charge in [-0.1, -0.05) is 0 Å². The van der Waals surface area contributed by atoms with Crippen molar-refractivity contribution in [3.8, 4) is 0 Å². The van der Waals surface area contributed by atoms with Crippen molar-refractivity contribution in [3.63, 3.8) is 0 Å². The molecule has 0 spiro atoms. The predicted octanol–water partition coefficient (Wildman–Crippen LogP) is -1.75. The van der Waals surface area contributed by atoms with E-state index in [-0.39, 0.29) is 0 Å². The highest BCUT2D eigenvalue weighted by Crippen LogP contribution is 2.13. The third-order valence-corrected chi connectivity index (χ3v) is 3.61. The number of carbonyl (C=O) groups is 1. The Morgan fingerprint density at radius 1 is 1.58 bits per heavy atom. The second kappa shape index (κ2) is 3.02. The van der Waals surface area contributed by atoms with E-state index in [4.69, 9.17) is 5.73 Å². The van der Waals surface area contributed by atoms with Gasteiger partial charge in [-0.2, -0.15) is 0 Å². The molecule has 0 aliphatic carbocycles. The number of hydrogen-bond donors (Lipinski definition) is 2. The number of amides is 1. The van der Waals surface area contributed by atoms with Crippen LogP contribution in [0, 0.1) is 0 Å². The SMILES string of the molecule is CS(=O)(=O)C1CNC(C(N)=O)C1. The van der Waals surface area contributed by atoms with Gasteiger partial charge in [0.25, 0.3) is 0 Å². The van der Waals surface area contributed by atoms with Crippen LogP contribution in [0.2, 0.25) is 0 Å². The molecule has 3 N–H and O–H groups in total. The van der Waals surface area contributed by atoms with E-state index in [1.54, 1.807) is 0 Å². The van der Waals surface area contributed by atoms with E-state index in [1.165, 1.54) is 6.26 Å². The van der Waals surface area contributed by atoms with Gasteiger partial charge in [0.15, 0.2) is 9.84 Å². The van der Waals surface area contributed by atoms with Crippen molar-refractivity contribution < 1.29 is 13.2 Å². The van der Waals surface area contributed by atoms with Crippen LogP contribution in [-0.4, -0.2) is 38.4 Å². The summed E-state index contributed by atoms with van der Waals surface area (Å²) in [4.78, 5) is 10.6. The molecule has 0 aromatic heterocycles. The molecule has 0 saturated carbocycles. The van der Waals surface area contributed by atoms with Crippen molar-refractivity contribution in [1.82, 2.24) is 5.32 Å². The number of carbonyl (C=O) groups excluding carboxylic acids is 1. The minimum atomic E-state index is -3.04. The molecule has 0 aromatic rings. The summed E-state index contributed by atoms with van der Waals surface area (Å²) in [6.07, 6.45) is 1.47. The first-order valence-electron chi connectivity index (χ1n) is 3.63. The molecular formula is C6H12N2O3S. The molecule has 70 valence electrons. The Bertz CT molecular complexity index is 285. The summed E-state index contributed by atoms with van der Waals surface area (Å²) in [5.74, 6) is -0.485. The molecule has 0 radical (unpaired) electrons. The number of sulfone groups is 1. The van der Waals surface area contributed by atoms with Gasteiger partial charge in [-0.3, -0.25) is 4.79 Å². The largest absolute Gasteiger partial charge is 0.368 e. The van der Waals surface area contributed by atoms with Crippen LogP contribution in [0.1, 0.15) is 6.42 Å². The summed E-state index contributed by atoms with van der Waals surface area (Å²) < 4.78 is 22.0. The van der Waals surface area contributed by atoms with Crippen LogP contribution in [-0.2, 0) is 14.6 Å². The van der Waals surface area contributed by atoms with Gasteiger partial charge in [-0.25, -0.2) is 8.42 Å². The van der Waals surface area contributed by atoms with E-state index in [1.807, 2.05) is 0 Å². The molecule has 0 aromatic carbocycles. The van der Waals surface area contributed by atoms with Gasteiger partial charge in [-0.15, -0.1) is 0 Å². The highest BCUT2D eigenvalue weighted by atomic mass is 32.2. The van der Waals surface area contributed by atoms with Gasteiger partial charge in [0.2, 0.25) is 5.91 Å². The van der Waals surface area contributed by atoms with E-state index in [0.29, 0.717) is 13.0 Å². The minimum absolute atomic E-state index is 0.300. The fourth-order valence-corrected chi connectivity index (χ4v) is 2.19. The Labute approximate surface area is 71.2 Å². The van der Waals surface area contributed by atoms with Crippen LogP contribution >= 0.6 is 0 Å². The first-order chi connectivity index (χ1) is 5.41. The Morgan fingerprint density at radius 2 is 2.17 bits per heavy atom. The highest BCUT2D eigenvalue weighted by Gasteiger charge is 2.33. The van der Waals surface area contributed by atoms with E-state index in [0.717, 1.165) is 0 Å². The van der Waals surface area contributed by atoms with Crippen LogP contribution in [0.15, 0.2) is 0 Å². The summed E-state index contributed by atoms with van der Waals surface area (Å²) in [5, 5.41) is 2.30. The summed E-state index contributed by atoms with van der Waals surface area (Å²) in [6, 6.07) is -0.482. The number of nitrogens with two attached hydrogens (primary N) is 1. The van der Waals surface area contributed by atoms with Gasteiger partial charge >= 0.3 is 0 Å². The van der Waals surface area contributed by atoms with E-state index < -0.39 is 27.0 Å². The van der Waals surface area contributed by atoms with Crippen LogP contribution in [0.3, 0.4) is 0 Å². The van der Waals surface area contributed by atoms with Crippen LogP contribution in [0.25, 0.3) is 0 Å². The third kappa shape index (κ3) is 1.95. The van der Waals surface area contributed by atoms with Crippen molar-refractivity contribution >= 4 is 15.7 Å². The molecule has 6 heteroatoms. The molecule has 1 amide bonds. The molecule has 1 saturated heterocycles. The molecule has 5 nitrogen and oxygen atoms in total. The maximum atomic E-state index is 11.0. The topological polar surface area (TPSA) is 89.3 Å². The summed E-state index contributed by atoms with van der Waals surface area (Å²) in [7, 11) is -3.04. The molecule has 1 aliphatic rings. The smallest absolute Gasteiger partial charge is 0.234 e. The normalized spacial score (nSPS) is 30.4. The fraction of sp³-hybridized carbons (Fsp3) is 0.833. The first-order valence-corrected chi connectivity index (χ1v) is 5.58. The van der Waals surface area contributed by atoms with Crippen molar-refractivity contribution in [1.29, 1.82) is 0 Å². The van der Waals surface area contributed by atoms with Gasteiger partial charge in [0.1, 0.15) is 0 Å². The van der Waals surface area contributed by atoms with E-state index >= 15 is 0 Å². The van der Waals surface area contributed by atoms with Crippen molar-refractivity contribution in [2.24, 2.45) is 5.73 Å². The highest BCUT2D eigenvalue weighted by molar-refractivity contribution is 7.91. The third-order valence-electron chi connectivity index (χ3n) is 2.04. The van der Waals surface area contributed by atoms with Crippen LogP contribution in [0.4, 0.5) is 0 Å². The number of nitrogens with one attached hydrogen (secondary N) is 1. The molecule has 1 fully saturated rings. The summed E-state index contributed by atoms with van der Waals surface area (Å²) in [5.41, 5.74) is 5.01. The first kappa shape index (κ1) is 9.47. The lowest BCUT2D eigenvalue weighted by Crippen LogP contribution is -2.36. The molecule has 1 aliphatic heterocycles. The van der Waals surface area contributed by atoms with Crippen molar-refractivity contribution in [2.45, 2.75) is 17.7 Å². The lowest BCUT2D eigenvalue weighted by Gasteiger charge is -2.04. The number of rotatable bonds is 2. The van der Waals surface area contributed by atoms with E-state index in [9.17, 15) is 13.2 Å². The molecule has 2 unspecified atom stereocenters. The maximum absolute atomic E-state index is 11.0. The van der Waals surface area contributed by atoms with Gasteiger partial charge in [-0.05, 0) is 6.42 Å². The van der Waals surface area contributed by atoms with Crippen molar-refractivity contribution in [3.05, 3.63) is 0 Å². The molecule has 1 heterocycles. The molecule has 12 heavy (non-hydrogen) atoms. The molecular weight excluding hydrogens is 180 g/mol. The zero-order valence-corrected chi connectivity index (χ0v) is 7.60. The summed E-state index contributed by atoms with van der Waals surface area (Å²) >= 11 is 0. The molecule has 2 atom stereocenters. The lowest BCUT2D eigenvalue weighted by molar-refractivity contribution is -0.119. The molecule has 1 rings (SSSR count). The molecule has 0 bridgehead atoms. The Kier molecular flexibility index (Phi) is 2.39. The minimum Gasteiger partial charge on any atom is -0.368 e. The predicted molar refractivity (Wildman–Crippen MR) is 44.2 cm³/mol. The number of primary amides is 1. The van der Waals surface area contributed by atoms with Crippen LogP contribution < -0.4 is 11.1 Å². The lowest BCUT2D eigenvalue weighted by atomic mass is 10.2. The number of hydrogen-bond acceptors (Lipinski definition) is 4. The zero-order valence-electron chi connectivity index (χ0n) is 6.78. The van der Waals surface area contributed by atoms with Gasteiger partial charge in [0.05, 0.1) is 11.3 Å². The zero-order chi connectivity index (χ0) is 9.35. The fourth-order valence-electron chi connectivity index (χ4n) is 1.25. The standard InChI is InChI=1S/C6H12N2O3S/c1-12(10,11)4-2-5(6(7)9)8-3-4/h4-5,8H,2-3H2,1H3,(H2,7,9). The monoisotopic (exact) mass is 192 g/mol. The van der Waals surface area contributed by atoms with Crippen molar-refractivity contribution in [2.75, 3.05) is 12.8 Å². The second-order valence-corrected chi connectivity index (χ2v) is 5.38. The quantitative estimate of drug-likeness (QED) is 0.543. The van der Waals surface area contributed by atoms with Crippen LogP contribution in [0.5, 0.6) is 0 Å². The maximum Gasteiger partial charge on any atom is 0.234 e. The van der Waals surface area contributed by atoms with Gasteiger partial charge < -0.3 is 11.1 Å².